The predicted molar refractivity (Wildman–Crippen MR) is 50.4 cm³/mol. The molecule has 0 aromatic carbocycles. The maximum Gasteiger partial charge on any atom is 0.261 e. The zero-order valence-electron chi connectivity index (χ0n) is 8.06. The van der Waals surface area contributed by atoms with E-state index in [4.69, 9.17) is 9.29 Å². The molecule has 0 unspecified atom stereocenters. The van der Waals surface area contributed by atoms with Gasteiger partial charge in [-0.2, -0.15) is 8.42 Å². The van der Waals surface area contributed by atoms with Gasteiger partial charge in [-0.1, -0.05) is 6.92 Å². The maximum absolute atomic E-state index is 9.19. The van der Waals surface area contributed by atoms with E-state index in [0.29, 0.717) is 6.26 Å². The van der Waals surface area contributed by atoms with Gasteiger partial charge in [0.1, 0.15) is 0 Å². The van der Waals surface area contributed by atoms with Crippen molar-refractivity contribution in [3.63, 3.8) is 0 Å². The van der Waals surface area contributed by atoms with Gasteiger partial charge in [-0.15, -0.1) is 0 Å². The Labute approximate surface area is 79.4 Å². The molecule has 1 aliphatic rings. The molecule has 0 aromatic heterocycles. The van der Waals surface area contributed by atoms with Gasteiger partial charge >= 0.3 is 0 Å². The van der Waals surface area contributed by atoms with Crippen LogP contribution < -0.4 is 0 Å². The summed E-state index contributed by atoms with van der Waals surface area (Å²) < 4.78 is 31.0. The minimum atomic E-state index is -3.67. The van der Waals surface area contributed by atoms with Crippen LogP contribution in [0.25, 0.3) is 0 Å². The normalized spacial score (nSPS) is 19.0. The van der Waals surface area contributed by atoms with Crippen LogP contribution in [-0.2, 0) is 14.9 Å². The molecule has 1 heterocycles. The van der Waals surface area contributed by atoms with Gasteiger partial charge in [0.15, 0.2) is 0 Å². The molecule has 1 N–H and O–H groups in total. The monoisotopic (exact) mass is 211 g/mol. The second-order valence-corrected chi connectivity index (χ2v) is 4.25. The fourth-order valence-corrected chi connectivity index (χ4v) is 0.917. The minimum absolute atomic E-state index is 0.715. The van der Waals surface area contributed by atoms with E-state index >= 15 is 0 Å². The summed E-state index contributed by atoms with van der Waals surface area (Å²) in [6.45, 7) is 7.45. The van der Waals surface area contributed by atoms with Crippen molar-refractivity contribution in [3.8, 4) is 0 Å². The summed E-state index contributed by atoms with van der Waals surface area (Å²) in [6.07, 6.45) is 0.715. The number of hydrogen-bond acceptors (Lipinski definition) is 4. The molecule has 0 spiro atoms. The Hall–Kier alpha value is -0.170. The summed E-state index contributed by atoms with van der Waals surface area (Å²) in [5.41, 5.74) is 0. The van der Waals surface area contributed by atoms with E-state index in [0.717, 1.165) is 26.3 Å². The highest BCUT2D eigenvalue weighted by atomic mass is 32.2. The third kappa shape index (κ3) is 11.8. The lowest BCUT2D eigenvalue weighted by molar-refractivity contribution is 0.0405. The molecule has 0 radical (unpaired) electrons. The number of morpholine rings is 1. The largest absolute Gasteiger partial charge is 0.379 e. The van der Waals surface area contributed by atoms with Crippen molar-refractivity contribution in [1.29, 1.82) is 0 Å². The molecular weight excluding hydrogens is 194 g/mol. The molecule has 80 valence electrons. The molecule has 6 heteroatoms. The smallest absolute Gasteiger partial charge is 0.261 e. The molecule has 1 aliphatic heterocycles. The van der Waals surface area contributed by atoms with Gasteiger partial charge in [0.2, 0.25) is 0 Å². The molecule has 0 aliphatic carbocycles. The van der Waals surface area contributed by atoms with Crippen LogP contribution in [0.4, 0.5) is 0 Å². The van der Waals surface area contributed by atoms with Crippen molar-refractivity contribution in [2.75, 3.05) is 39.1 Å². The zero-order chi connectivity index (χ0) is 10.3. The highest BCUT2D eigenvalue weighted by Crippen LogP contribution is 1.93. The van der Waals surface area contributed by atoms with Gasteiger partial charge in [0.25, 0.3) is 10.1 Å². The highest BCUT2D eigenvalue weighted by molar-refractivity contribution is 7.85. The average Bonchev–Trinajstić information content (AvgIpc) is 2.03. The molecule has 1 rings (SSSR count). The van der Waals surface area contributed by atoms with Crippen LogP contribution in [0.15, 0.2) is 0 Å². The molecule has 0 aromatic rings. The van der Waals surface area contributed by atoms with Gasteiger partial charge in [-0.05, 0) is 6.54 Å². The highest BCUT2D eigenvalue weighted by Gasteiger charge is 2.05. The van der Waals surface area contributed by atoms with Crippen molar-refractivity contribution in [1.82, 2.24) is 4.90 Å². The lowest BCUT2D eigenvalue weighted by atomic mass is 10.4. The summed E-state index contributed by atoms with van der Waals surface area (Å²) in [5, 5.41) is 0. The third-order valence-electron chi connectivity index (χ3n) is 1.55. The number of rotatable bonds is 1. The van der Waals surface area contributed by atoms with E-state index < -0.39 is 10.1 Å². The molecule has 0 atom stereocenters. The van der Waals surface area contributed by atoms with Crippen molar-refractivity contribution < 1.29 is 17.7 Å². The lowest BCUT2D eigenvalue weighted by Crippen LogP contribution is -2.35. The zero-order valence-corrected chi connectivity index (χ0v) is 8.88. The maximum atomic E-state index is 9.19. The average molecular weight is 211 g/mol. The summed E-state index contributed by atoms with van der Waals surface area (Å²) in [5.74, 6) is 0. The molecule has 1 saturated heterocycles. The number of likely N-dealkylation sites (N-methyl/N-ethyl adjacent to an activating group) is 1. The topological polar surface area (TPSA) is 66.8 Å². The molecule has 5 nitrogen and oxygen atoms in total. The van der Waals surface area contributed by atoms with Gasteiger partial charge in [-0.25, -0.2) is 0 Å². The second kappa shape index (κ2) is 6.31. The lowest BCUT2D eigenvalue weighted by Gasteiger charge is -2.24. The molecule has 0 bridgehead atoms. The second-order valence-electron chi connectivity index (χ2n) is 2.78. The Morgan fingerprint density at radius 2 is 1.77 bits per heavy atom. The van der Waals surface area contributed by atoms with Gasteiger partial charge in [0, 0.05) is 13.1 Å². The fourth-order valence-electron chi connectivity index (χ4n) is 0.917. The summed E-state index contributed by atoms with van der Waals surface area (Å²) in [6, 6.07) is 0. The fraction of sp³-hybridized carbons (Fsp3) is 1.00. The Morgan fingerprint density at radius 3 is 2.00 bits per heavy atom. The molecule has 0 saturated carbocycles. The van der Waals surface area contributed by atoms with Crippen LogP contribution in [0.2, 0.25) is 0 Å². The number of ether oxygens (including phenoxy) is 1. The Balaban J connectivity index is 0.000000252. The first-order valence-electron chi connectivity index (χ1n) is 4.16. The van der Waals surface area contributed by atoms with E-state index in [1.165, 1.54) is 6.54 Å². The minimum Gasteiger partial charge on any atom is -0.379 e. The van der Waals surface area contributed by atoms with Crippen molar-refractivity contribution in [3.05, 3.63) is 0 Å². The first kappa shape index (κ1) is 12.8. The van der Waals surface area contributed by atoms with E-state index in [9.17, 15) is 8.42 Å². The molecule has 1 fully saturated rings. The molecular formula is C7H17NO4S. The van der Waals surface area contributed by atoms with Gasteiger partial charge < -0.3 is 4.74 Å². The van der Waals surface area contributed by atoms with Gasteiger partial charge in [0.05, 0.1) is 19.5 Å². The van der Waals surface area contributed by atoms with Crippen LogP contribution in [0, 0.1) is 0 Å². The van der Waals surface area contributed by atoms with Crippen LogP contribution in [0.1, 0.15) is 6.92 Å². The Bertz CT molecular complexity index is 201. The van der Waals surface area contributed by atoms with Crippen molar-refractivity contribution in [2.45, 2.75) is 6.92 Å². The molecule has 13 heavy (non-hydrogen) atoms. The summed E-state index contributed by atoms with van der Waals surface area (Å²) in [4.78, 5) is 2.39. The van der Waals surface area contributed by atoms with Crippen LogP contribution in [0.3, 0.4) is 0 Å². The van der Waals surface area contributed by atoms with Crippen molar-refractivity contribution >= 4 is 10.1 Å². The van der Waals surface area contributed by atoms with Crippen LogP contribution in [-0.4, -0.2) is 57.0 Å². The van der Waals surface area contributed by atoms with E-state index in [1.807, 2.05) is 0 Å². The van der Waals surface area contributed by atoms with E-state index in [2.05, 4.69) is 11.8 Å². The quantitative estimate of drug-likeness (QED) is 0.611. The SMILES string of the molecule is CCN1CCOCC1.CS(=O)(=O)O. The first-order valence-corrected chi connectivity index (χ1v) is 6.01. The van der Waals surface area contributed by atoms with Crippen LogP contribution in [0.5, 0.6) is 0 Å². The van der Waals surface area contributed by atoms with Gasteiger partial charge in [-0.3, -0.25) is 9.45 Å². The standard InChI is InChI=1S/C6H13NO.CH4O3S/c1-2-7-3-5-8-6-4-7;1-5(2,3)4/h2-6H2,1H3;1H3,(H,2,3,4). The summed E-state index contributed by atoms with van der Waals surface area (Å²) >= 11 is 0. The van der Waals surface area contributed by atoms with E-state index in [1.54, 1.807) is 0 Å². The Morgan fingerprint density at radius 1 is 1.38 bits per heavy atom. The predicted octanol–water partition coefficient (Wildman–Crippen LogP) is -0.157. The Kier molecular flexibility index (Phi) is 6.23. The number of nitrogens with zero attached hydrogens (tertiary/aromatic N) is 1. The number of hydrogen-bond donors (Lipinski definition) is 1. The summed E-state index contributed by atoms with van der Waals surface area (Å²) in [7, 11) is -3.67. The first-order chi connectivity index (χ1) is 5.93. The van der Waals surface area contributed by atoms with Crippen LogP contribution >= 0.6 is 0 Å². The third-order valence-corrected chi connectivity index (χ3v) is 1.55. The molecule has 0 amide bonds. The van der Waals surface area contributed by atoms with Crippen molar-refractivity contribution in [2.24, 2.45) is 0 Å². The van der Waals surface area contributed by atoms with E-state index in [-0.39, 0.29) is 0 Å².